The SMILES string of the molecule is CCC(=NCCCN(CC)CC)c1c(O)n(-c2ccccc2C)c(=O)[nH]c1=O. The molecule has 0 aliphatic carbocycles. The second-order valence-electron chi connectivity index (χ2n) is 6.64. The summed E-state index contributed by atoms with van der Waals surface area (Å²) in [6.07, 6.45) is 1.34. The molecular weight excluding hydrogens is 356 g/mol. The van der Waals surface area contributed by atoms with Gasteiger partial charge in [0.25, 0.3) is 5.56 Å². The molecule has 1 aromatic carbocycles. The maximum absolute atomic E-state index is 12.4. The topological polar surface area (TPSA) is 90.7 Å². The standard InChI is InChI=1S/C21H30N4O3/c1-5-16(22-13-10-14-24(6-2)7-3)18-19(26)23-21(28)25(20(18)27)17-12-9-8-11-15(17)4/h8-9,11-12,27H,5-7,10,13-14H2,1-4H3,(H,23,26,28). The lowest BCUT2D eigenvalue weighted by molar-refractivity contribution is 0.302. The first-order chi connectivity index (χ1) is 13.4. The number of H-pyrrole nitrogens is 1. The normalized spacial score (nSPS) is 12.0. The van der Waals surface area contributed by atoms with E-state index < -0.39 is 11.2 Å². The summed E-state index contributed by atoms with van der Waals surface area (Å²) < 4.78 is 1.13. The first kappa shape index (κ1) is 21.6. The van der Waals surface area contributed by atoms with Gasteiger partial charge in [-0.05, 0) is 51.0 Å². The van der Waals surface area contributed by atoms with Crippen molar-refractivity contribution in [1.29, 1.82) is 0 Å². The number of aryl methyl sites for hydroxylation is 1. The summed E-state index contributed by atoms with van der Waals surface area (Å²) in [5.41, 5.74) is 0.620. The van der Waals surface area contributed by atoms with Gasteiger partial charge >= 0.3 is 5.69 Å². The largest absolute Gasteiger partial charge is 0.493 e. The van der Waals surface area contributed by atoms with Crippen LogP contribution in [0.2, 0.25) is 0 Å². The van der Waals surface area contributed by atoms with Crippen LogP contribution < -0.4 is 11.2 Å². The molecule has 0 amide bonds. The summed E-state index contributed by atoms with van der Waals surface area (Å²) >= 11 is 0. The Morgan fingerprint density at radius 1 is 1.18 bits per heavy atom. The summed E-state index contributed by atoms with van der Waals surface area (Å²) in [4.78, 5) is 34.0. The second kappa shape index (κ2) is 10.0. The minimum atomic E-state index is -0.669. The van der Waals surface area contributed by atoms with Crippen LogP contribution >= 0.6 is 0 Å². The van der Waals surface area contributed by atoms with Crippen molar-refractivity contribution in [2.24, 2.45) is 4.99 Å². The van der Waals surface area contributed by atoms with Gasteiger partial charge in [-0.3, -0.25) is 14.8 Å². The van der Waals surface area contributed by atoms with Crippen LogP contribution in [0, 0.1) is 6.92 Å². The predicted octanol–water partition coefficient (Wildman–Crippen LogP) is 2.47. The number of aromatic amines is 1. The first-order valence-corrected chi connectivity index (χ1v) is 9.84. The molecule has 1 heterocycles. The van der Waals surface area contributed by atoms with Gasteiger partial charge in [-0.15, -0.1) is 0 Å². The number of nitrogens with zero attached hydrogens (tertiary/aromatic N) is 3. The van der Waals surface area contributed by atoms with Gasteiger partial charge in [0.15, 0.2) is 0 Å². The highest BCUT2D eigenvalue weighted by molar-refractivity contribution is 6.02. The van der Waals surface area contributed by atoms with E-state index in [9.17, 15) is 14.7 Å². The highest BCUT2D eigenvalue weighted by Crippen LogP contribution is 2.20. The van der Waals surface area contributed by atoms with Crippen LogP contribution in [0.15, 0.2) is 38.8 Å². The van der Waals surface area contributed by atoms with E-state index in [-0.39, 0.29) is 11.4 Å². The molecule has 0 bridgehead atoms. The third kappa shape index (κ3) is 4.78. The number of nitrogens with one attached hydrogen (secondary N) is 1. The molecule has 0 radical (unpaired) electrons. The van der Waals surface area contributed by atoms with Crippen molar-refractivity contribution in [3.05, 3.63) is 56.2 Å². The number of para-hydroxylation sites is 1. The van der Waals surface area contributed by atoms with Crippen LogP contribution in [0.5, 0.6) is 5.88 Å². The van der Waals surface area contributed by atoms with E-state index in [1.165, 1.54) is 0 Å². The van der Waals surface area contributed by atoms with E-state index in [2.05, 4.69) is 28.7 Å². The molecule has 2 aromatic rings. The van der Waals surface area contributed by atoms with Crippen molar-refractivity contribution in [3.8, 4) is 11.6 Å². The van der Waals surface area contributed by atoms with E-state index in [0.29, 0.717) is 24.4 Å². The lowest BCUT2D eigenvalue weighted by Gasteiger charge is -2.17. The molecule has 2 rings (SSSR count). The van der Waals surface area contributed by atoms with Gasteiger partial charge in [0, 0.05) is 6.54 Å². The second-order valence-corrected chi connectivity index (χ2v) is 6.64. The Hall–Kier alpha value is -2.67. The number of benzene rings is 1. The Kier molecular flexibility index (Phi) is 7.75. The number of aliphatic imine (C=N–C) groups is 1. The third-order valence-electron chi connectivity index (χ3n) is 4.90. The Morgan fingerprint density at radius 3 is 2.46 bits per heavy atom. The van der Waals surface area contributed by atoms with Crippen molar-refractivity contribution in [2.75, 3.05) is 26.2 Å². The summed E-state index contributed by atoms with van der Waals surface area (Å²) in [5.74, 6) is -0.368. The van der Waals surface area contributed by atoms with E-state index in [1.807, 2.05) is 26.0 Å². The van der Waals surface area contributed by atoms with E-state index >= 15 is 0 Å². The zero-order valence-electron chi connectivity index (χ0n) is 17.2. The fraction of sp³-hybridized carbons (Fsp3) is 0.476. The Balaban J connectivity index is 2.42. The number of aromatic hydroxyl groups is 1. The summed E-state index contributed by atoms with van der Waals surface area (Å²) in [6, 6.07) is 7.20. The number of hydrogen-bond donors (Lipinski definition) is 2. The van der Waals surface area contributed by atoms with Gasteiger partial charge in [-0.2, -0.15) is 0 Å². The molecule has 0 aliphatic heterocycles. The molecule has 7 heteroatoms. The average molecular weight is 386 g/mol. The van der Waals surface area contributed by atoms with Crippen molar-refractivity contribution in [3.63, 3.8) is 0 Å². The van der Waals surface area contributed by atoms with Crippen molar-refractivity contribution < 1.29 is 5.11 Å². The van der Waals surface area contributed by atoms with Crippen molar-refractivity contribution in [1.82, 2.24) is 14.5 Å². The average Bonchev–Trinajstić information content (AvgIpc) is 2.67. The monoisotopic (exact) mass is 386 g/mol. The molecule has 7 nitrogen and oxygen atoms in total. The fourth-order valence-corrected chi connectivity index (χ4v) is 3.24. The molecule has 0 aliphatic rings. The maximum atomic E-state index is 12.4. The molecule has 152 valence electrons. The molecule has 28 heavy (non-hydrogen) atoms. The molecule has 0 unspecified atom stereocenters. The Morgan fingerprint density at radius 2 is 1.86 bits per heavy atom. The Labute approximate surface area is 165 Å². The summed E-state index contributed by atoms with van der Waals surface area (Å²) in [6.45, 7) is 11.4. The first-order valence-electron chi connectivity index (χ1n) is 9.84. The van der Waals surface area contributed by atoms with Gasteiger partial charge in [0.1, 0.15) is 5.56 Å². The number of rotatable bonds is 9. The quantitative estimate of drug-likeness (QED) is 0.512. The van der Waals surface area contributed by atoms with Crippen LogP contribution in [-0.4, -0.2) is 51.4 Å². The van der Waals surface area contributed by atoms with Crippen LogP contribution in [0.1, 0.15) is 44.7 Å². The number of aromatic nitrogens is 2. The van der Waals surface area contributed by atoms with E-state index in [0.717, 1.165) is 36.2 Å². The molecule has 0 saturated heterocycles. The van der Waals surface area contributed by atoms with Crippen LogP contribution in [0.25, 0.3) is 5.69 Å². The number of hydrogen-bond acceptors (Lipinski definition) is 5. The maximum Gasteiger partial charge on any atom is 0.335 e. The Bertz CT molecular complexity index is 939. The van der Waals surface area contributed by atoms with E-state index in [4.69, 9.17) is 0 Å². The molecule has 0 spiro atoms. The lowest BCUT2D eigenvalue weighted by Crippen LogP contribution is -2.33. The van der Waals surface area contributed by atoms with Gasteiger partial charge in [0.05, 0.1) is 11.4 Å². The fourth-order valence-electron chi connectivity index (χ4n) is 3.24. The van der Waals surface area contributed by atoms with Crippen LogP contribution in [0.3, 0.4) is 0 Å². The van der Waals surface area contributed by atoms with Crippen LogP contribution in [0.4, 0.5) is 0 Å². The smallest absolute Gasteiger partial charge is 0.335 e. The van der Waals surface area contributed by atoms with Gasteiger partial charge in [-0.1, -0.05) is 39.0 Å². The van der Waals surface area contributed by atoms with Gasteiger partial charge in [0.2, 0.25) is 5.88 Å². The van der Waals surface area contributed by atoms with Gasteiger partial charge < -0.3 is 10.0 Å². The van der Waals surface area contributed by atoms with Crippen molar-refractivity contribution in [2.45, 2.75) is 40.5 Å². The summed E-state index contributed by atoms with van der Waals surface area (Å²) in [7, 11) is 0. The zero-order chi connectivity index (χ0) is 20.7. The van der Waals surface area contributed by atoms with E-state index in [1.54, 1.807) is 12.1 Å². The minimum absolute atomic E-state index is 0.0631. The molecular formula is C21H30N4O3. The lowest BCUT2D eigenvalue weighted by atomic mass is 10.1. The minimum Gasteiger partial charge on any atom is -0.493 e. The zero-order valence-corrected chi connectivity index (χ0v) is 17.2. The highest BCUT2D eigenvalue weighted by atomic mass is 16.3. The van der Waals surface area contributed by atoms with Crippen LogP contribution in [-0.2, 0) is 0 Å². The van der Waals surface area contributed by atoms with Gasteiger partial charge in [-0.25, -0.2) is 9.36 Å². The predicted molar refractivity (Wildman–Crippen MR) is 113 cm³/mol. The molecule has 1 aromatic heterocycles. The molecule has 0 fully saturated rings. The third-order valence-corrected chi connectivity index (χ3v) is 4.90. The molecule has 2 N–H and O–H groups in total. The molecule has 0 saturated carbocycles. The highest BCUT2D eigenvalue weighted by Gasteiger charge is 2.19. The summed E-state index contributed by atoms with van der Waals surface area (Å²) in [5, 5.41) is 10.8. The van der Waals surface area contributed by atoms with Crippen molar-refractivity contribution >= 4 is 5.71 Å². The molecule has 0 atom stereocenters.